The van der Waals surface area contributed by atoms with Crippen LogP contribution < -0.4 is 4.72 Å². The van der Waals surface area contributed by atoms with Crippen molar-refractivity contribution in [1.29, 1.82) is 0 Å². The third kappa shape index (κ3) is 4.73. The molecule has 21 heavy (non-hydrogen) atoms. The smallest absolute Gasteiger partial charge is 0.347 e. The third-order valence-electron chi connectivity index (χ3n) is 3.33. The van der Waals surface area contributed by atoms with E-state index in [0.29, 0.717) is 18.1 Å². The Bertz CT molecular complexity index is 577. The van der Waals surface area contributed by atoms with Gasteiger partial charge in [-0.25, -0.2) is 9.78 Å². The molecule has 0 radical (unpaired) electrons. The second-order valence-electron chi connectivity index (χ2n) is 4.92. The van der Waals surface area contributed by atoms with Gasteiger partial charge in [0.1, 0.15) is 9.88 Å². The minimum atomic E-state index is -3.53. The summed E-state index contributed by atoms with van der Waals surface area (Å²) in [6.07, 6.45) is 6.27. The zero-order valence-corrected chi connectivity index (χ0v) is 13.3. The lowest BCUT2D eigenvalue weighted by atomic mass is 10.1. The normalized spacial score (nSPS) is 18.1. The highest BCUT2D eigenvalue weighted by atomic mass is 32.2. The molecule has 1 aromatic heterocycles. The summed E-state index contributed by atoms with van der Waals surface area (Å²) in [5.74, 6) is -1.05. The molecule has 0 spiro atoms. The molecule has 1 aliphatic rings. The fourth-order valence-corrected chi connectivity index (χ4v) is 4.22. The first kappa shape index (κ1) is 16.3. The van der Waals surface area contributed by atoms with Crippen molar-refractivity contribution in [2.45, 2.75) is 38.6 Å². The molecule has 0 aromatic carbocycles. The predicted octanol–water partition coefficient (Wildman–Crippen LogP) is 1.44. The van der Waals surface area contributed by atoms with Crippen LogP contribution in [-0.2, 0) is 16.8 Å². The number of hydrogen-bond donors (Lipinski definition) is 2. The summed E-state index contributed by atoms with van der Waals surface area (Å²) < 4.78 is 28.4. The number of aromatic carboxylic acids is 1. The number of nitrogens with zero attached hydrogens (tertiary/aromatic N) is 2. The molecule has 118 valence electrons. The first-order valence-corrected chi connectivity index (χ1v) is 9.17. The topological polar surface area (TPSA) is 99.6 Å². The van der Waals surface area contributed by atoms with Gasteiger partial charge in [0.15, 0.2) is 0 Å². The van der Waals surface area contributed by atoms with Gasteiger partial charge in [0.25, 0.3) is 10.2 Å². The average molecular weight is 333 g/mol. The van der Waals surface area contributed by atoms with Crippen molar-refractivity contribution >= 4 is 27.5 Å². The van der Waals surface area contributed by atoms with Gasteiger partial charge in [-0.1, -0.05) is 19.3 Å². The summed E-state index contributed by atoms with van der Waals surface area (Å²) in [5, 5.41) is 9.26. The summed E-state index contributed by atoms with van der Waals surface area (Å²) in [4.78, 5) is 14.8. The van der Waals surface area contributed by atoms with Crippen molar-refractivity contribution in [2.75, 3.05) is 13.1 Å². The molecule has 0 unspecified atom stereocenters. The van der Waals surface area contributed by atoms with E-state index in [-0.39, 0.29) is 11.4 Å². The maximum Gasteiger partial charge on any atom is 0.347 e. The molecule has 0 aliphatic carbocycles. The molecule has 7 nitrogen and oxygen atoms in total. The van der Waals surface area contributed by atoms with Crippen molar-refractivity contribution < 1.29 is 18.3 Å². The van der Waals surface area contributed by atoms with Crippen LogP contribution >= 0.6 is 11.3 Å². The van der Waals surface area contributed by atoms with E-state index in [9.17, 15) is 13.2 Å². The van der Waals surface area contributed by atoms with E-state index < -0.39 is 16.2 Å². The maximum absolute atomic E-state index is 12.2. The van der Waals surface area contributed by atoms with Crippen LogP contribution in [0, 0.1) is 0 Å². The van der Waals surface area contributed by atoms with Crippen molar-refractivity contribution in [1.82, 2.24) is 14.0 Å². The molecule has 1 fully saturated rings. The Hall–Kier alpha value is -1.03. The quantitative estimate of drug-likeness (QED) is 0.849. The molecule has 1 saturated heterocycles. The number of hydrogen-bond acceptors (Lipinski definition) is 5. The van der Waals surface area contributed by atoms with Gasteiger partial charge in [-0.15, -0.1) is 11.3 Å². The standard InChI is InChI=1S/C12H19N3O4S2/c16-12(17)10-8-13-11(20-10)9-14-21(18,19)15-6-4-2-1-3-5-7-15/h8,14H,1-7,9H2,(H,16,17). The third-order valence-corrected chi connectivity index (χ3v) is 5.86. The van der Waals surface area contributed by atoms with Crippen LogP contribution in [0.2, 0.25) is 0 Å². The summed E-state index contributed by atoms with van der Waals surface area (Å²) in [5.41, 5.74) is 0. The summed E-state index contributed by atoms with van der Waals surface area (Å²) in [6.45, 7) is 1.10. The number of carboxylic acids is 1. The van der Waals surface area contributed by atoms with Gasteiger partial charge >= 0.3 is 5.97 Å². The van der Waals surface area contributed by atoms with Crippen LogP contribution in [0.25, 0.3) is 0 Å². The highest BCUT2D eigenvalue weighted by Gasteiger charge is 2.22. The van der Waals surface area contributed by atoms with E-state index in [2.05, 4.69) is 9.71 Å². The van der Waals surface area contributed by atoms with Crippen LogP contribution in [0.5, 0.6) is 0 Å². The van der Waals surface area contributed by atoms with Gasteiger partial charge in [0.05, 0.1) is 12.7 Å². The fourth-order valence-electron chi connectivity index (χ4n) is 2.19. The highest BCUT2D eigenvalue weighted by Crippen LogP contribution is 2.15. The minimum Gasteiger partial charge on any atom is -0.477 e. The Balaban J connectivity index is 1.94. The van der Waals surface area contributed by atoms with Crippen molar-refractivity contribution in [2.24, 2.45) is 0 Å². The van der Waals surface area contributed by atoms with Crippen LogP contribution in [0.4, 0.5) is 0 Å². The van der Waals surface area contributed by atoms with Crippen molar-refractivity contribution in [3.05, 3.63) is 16.1 Å². The average Bonchev–Trinajstić information content (AvgIpc) is 2.84. The van der Waals surface area contributed by atoms with Gasteiger partial charge in [-0.3, -0.25) is 0 Å². The van der Waals surface area contributed by atoms with E-state index in [0.717, 1.165) is 37.0 Å². The molecular weight excluding hydrogens is 314 g/mol. The number of carbonyl (C=O) groups is 1. The summed E-state index contributed by atoms with van der Waals surface area (Å²) in [6, 6.07) is 0. The number of carboxylic acid groups (broad SMARTS) is 1. The minimum absolute atomic E-state index is 0.0246. The largest absolute Gasteiger partial charge is 0.477 e. The van der Waals surface area contributed by atoms with Gasteiger partial charge < -0.3 is 5.11 Å². The Morgan fingerprint density at radius 3 is 2.48 bits per heavy atom. The Morgan fingerprint density at radius 2 is 1.90 bits per heavy atom. The molecule has 2 rings (SSSR count). The Kier molecular flexibility index (Phi) is 5.68. The molecule has 2 N–H and O–H groups in total. The fraction of sp³-hybridized carbons (Fsp3) is 0.667. The summed E-state index contributed by atoms with van der Waals surface area (Å²) in [7, 11) is -3.53. The lowest BCUT2D eigenvalue weighted by molar-refractivity contribution is 0.0702. The van der Waals surface area contributed by atoms with Crippen LogP contribution in [0.3, 0.4) is 0 Å². The molecule has 2 heterocycles. The van der Waals surface area contributed by atoms with Gasteiger partial charge in [-0.2, -0.15) is 17.4 Å². The lowest BCUT2D eigenvalue weighted by Crippen LogP contribution is -2.41. The predicted molar refractivity (Wildman–Crippen MR) is 79.5 cm³/mol. The van der Waals surface area contributed by atoms with E-state index in [4.69, 9.17) is 5.11 Å². The second kappa shape index (κ2) is 7.30. The van der Waals surface area contributed by atoms with E-state index in [1.807, 2.05) is 0 Å². The van der Waals surface area contributed by atoms with Gasteiger partial charge in [0.2, 0.25) is 0 Å². The lowest BCUT2D eigenvalue weighted by Gasteiger charge is -2.24. The van der Waals surface area contributed by atoms with Crippen LogP contribution in [0.1, 0.15) is 46.8 Å². The molecule has 0 atom stereocenters. The Labute approximate surface area is 128 Å². The Morgan fingerprint density at radius 1 is 1.29 bits per heavy atom. The first-order chi connectivity index (χ1) is 9.99. The molecule has 0 amide bonds. The molecule has 9 heteroatoms. The van der Waals surface area contributed by atoms with Gasteiger partial charge in [0, 0.05) is 13.1 Å². The van der Waals surface area contributed by atoms with E-state index in [1.165, 1.54) is 16.9 Å². The number of rotatable bonds is 5. The maximum atomic E-state index is 12.2. The van der Waals surface area contributed by atoms with Crippen molar-refractivity contribution in [3.8, 4) is 0 Å². The number of thiazole rings is 1. The highest BCUT2D eigenvalue weighted by molar-refractivity contribution is 7.87. The zero-order valence-electron chi connectivity index (χ0n) is 11.6. The molecule has 1 aromatic rings. The van der Waals surface area contributed by atoms with Crippen LogP contribution in [-0.4, -0.2) is 41.9 Å². The number of aromatic nitrogens is 1. The van der Waals surface area contributed by atoms with E-state index >= 15 is 0 Å². The zero-order chi connectivity index (χ0) is 15.3. The second-order valence-corrected chi connectivity index (χ2v) is 7.79. The number of nitrogens with one attached hydrogen (secondary N) is 1. The molecule has 0 bridgehead atoms. The van der Waals surface area contributed by atoms with Gasteiger partial charge in [-0.05, 0) is 12.8 Å². The molecule has 1 aliphatic heterocycles. The van der Waals surface area contributed by atoms with Crippen LogP contribution in [0.15, 0.2) is 6.20 Å². The van der Waals surface area contributed by atoms with E-state index in [1.54, 1.807) is 0 Å². The van der Waals surface area contributed by atoms with Crippen molar-refractivity contribution in [3.63, 3.8) is 0 Å². The SMILES string of the molecule is O=C(O)c1cnc(CNS(=O)(=O)N2CCCCCCC2)s1. The molecular formula is C12H19N3O4S2. The summed E-state index contributed by atoms with van der Waals surface area (Å²) >= 11 is 0.980. The molecule has 0 saturated carbocycles. The first-order valence-electron chi connectivity index (χ1n) is 6.92. The monoisotopic (exact) mass is 333 g/mol.